The van der Waals surface area contributed by atoms with Gasteiger partial charge in [-0.2, -0.15) is 0 Å². The molecule has 128 valence electrons. The van der Waals surface area contributed by atoms with Crippen molar-refractivity contribution >= 4 is 34.1 Å². The van der Waals surface area contributed by atoms with Gasteiger partial charge in [0.1, 0.15) is 0 Å². The van der Waals surface area contributed by atoms with E-state index in [0.717, 1.165) is 34.2 Å². The maximum absolute atomic E-state index is 5.25. The molecule has 0 saturated carbocycles. The molecule has 0 saturated heterocycles. The smallest absolute Gasteiger partial charge is 0.169 e. The minimum atomic E-state index is 0.110. The van der Waals surface area contributed by atoms with Crippen molar-refractivity contribution in [3.63, 3.8) is 0 Å². The van der Waals surface area contributed by atoms with Crippen molar-refractivity contribution in [3.05, 3.63) is 40.3 Å². The molecule has 0 aliphatic carbocycles. The summed E-state index contributed by atoms with van der Waals surface area (Å²) in [7, 11) is 1.73. The van der Waals surface area contributed by atoms with Gasteiger partial charge in [-0.25, -0.2) is 9.97 Å². The van der Waals surface area contributed by atoms with Crippen molar-refractivity contribution in [1.29, 1.82) is 0 Å². The van der Waals surface area contributed by atoms with E-state index in [9.17, 15) is 0 Å². The first-order chi connectivity index (χ1) is 11.5. The first kappa shape index (κ1) is 17.5. The molecule has 2 aromatic heterocycles. The van der Waals surface area contributed by atoms with Crippen LogP contribution in [0.15, 0.2) is 34.8 Å². The van der Waals surface area contributed by atoms with E-state index in [2.05, 4.69) is 48.9 Å². The summed E-state index contributed by atoms with van der Waals surface area (Å²) < 4.78 is 7.49. The van der Waals surface area contributed by atoms with E-state index >= 15 is 0 Å². The minimum absolute atomic E-state index is 0.110. The number of nitrogens with zero attached hydrogens (tertiary/aromatic N) is 3. The lowest BCUT2D eigenvalue weighted by molar-refractivity contribution is 0.186. The number of imidazole rings is 1. The van der Waals surface area contributed by atoms with Crippen molar-refractivity contribution in [2.75, 3.05) is 13.7 Å². The number of hydrogen-bond donors (Lipinski definition) is 0. The van der Waals surface area contributed by atoms with Crippen LogP contribution in [0.4, 0.5) is 0 Å². The highest BCUT2D eigenvalue weighted by Gasteiger charge is 2.18. The van der Waals surface area contributed by atoms with Crippen molar-refractivity contribution in [2.45, 2.75) is 43.6 Å². The van der Waals surface area contributed by atoms with Gasteiger partial charge in [0.05, 0.1) is 28.3 Å². The van der Waals surface area contributed by atoms with Gasteiger partial charge in [0, 0.05) is 30.2 Å². The van der Waals surface area contributed by atoms with Gasteiger partial charge >= 0.3 is 0 Å². The molecular formula is C18H23N3OS2. The van der Waals surface area contributed by atoms with Crippen molar-refractivity contribution in [3.8, 4) is 0 Å². The van der Waals surface area contributed by atoms with Gasteiger partial charge in [-0.05, 0) is 12.1 Å². The fourth-order valence-electron chi connectivity index (χ4n) is 2.42. The number of methoxy groups -OCH3 is 1. The molecule has 0 fully saturated rings. The summed E-state index contributed by atoms with van der Waals surface area (Å²) in [5.41, 5.74) is 3.43. The summed E-state index contributed by atoms with van der Waals surface area (Å²) in [6.07, 6.45) is 0. The van der Waals surface area contributed by atoms with Gasteiger partial charge in [0.15, 0.2) is 5.16 Å². The third-order valence-electron chi connectivity index (χ3n) is 3.68. The Hall–Kier alpha value is -1.37. The summed E-state index contributed by atoms with van der Waals surface area (Å²) in [6.45, 7) is 8.09. The first-order valence-electron chi connectivity index (χ1n) is 8.01. The molecule has 0 bridgehead atoms. The van der Waals surface area contributed by atoms with Gasteiger partial charge in [-0.3, -0.25) is 0 Å². The second-order valence-electron chi connectivity index (χ2n) is 6.71. The zero-order valence-corrected chi connectivity index (χ0v) is 16.2. The van der Waals surface area contributed by atoms with Crippen LogP contribution in [-0.2, 0) is 22.4 Å². The number of ether oxygens (including phenoxy) is 1. The lowest BCUT2D eigenvalue weighted by Gasteiger charge is -2.13. The summed E-state index contributed by atoms with van der Waals surface area (Å²) in [4.78, 5) is 9.56. The number of fused-ring (bicyclic) bond motifs is 1. The van der Waals surface area contributed by atoms with Gasteiger partial charge < -0.3 is 9.30 Å². The predicted molar refractivity (Wildman–Crippen MR) is 102 cm³/mol. The van der Waals surface area contributed by atoms with Crippen LogP contribution in [0.25, 0.3) is 11.0 Å². The molecule has 2 heterocycles. The normalized spacial score (nSPS) is 12.2. The number of hydrogen-bond acceptors (Lipinski definition) is 5. The molecule has 1 aromatic carbocycles. The van der Waals surface area contributed by atoms with Gasteiger partial charge in [-0.1, -0.05) is 44.7 Å². The predicted octanol–water partition coefficient (Wildman–Crippen LogP) is 4.73. The Balaban J connectivity index is 1.80. The van der Waals surface area contributed by atoms with Crippen LogP contribution < -0.4 is 0 Å². The molecule has 24 heavy (non-hydrogen) atoms. The van der Waals surface area contributed by atoms with Crippen molar-refractivity contribution < 1.29 is 4.74 Å². The number of rotatable bonds is 6. The molecule has 3 rings (SSSR count). The third kappa shape index (κ3) is 3.82. The van der Waals surface area contributed by atoms with E-state index in [1.165, 1.54) is 5.01 Å². The largest absolute Gasteiger partial charge is 0.383 e. The third-order valence-corrected chi connectivity index (χ3v) is 6.01. The second kappa shape index (κ2) is 7.25. The molecular weight excluding hydrogens is 338 g/mol. The Bertz CT molecular complexity index is 817. The Labute approximate surface area is 151 Å². The van der Waals surface area contributed by atoms with E-state index in [1.807, 2.05) is 6.07 Å². The van der Waals surface area contributed by atoms with Crippen LogP contribution in [0.5, 0.6) is 0 Å². The van der Waals surface area contributed by atoms with Crippen LogP contribution in [0.2, 0.25) is 0 Å². The molecule has 0 unspecified atom stereocenters. The fourth-order valence-corrected chi connectivity index (χ4v) is 4.36. The molecule has 0 N–H and O–H groups in total. The lowest BCUT2D eigenvalue weighted by atomic mass is 9.98. The standard InChI is InChI=1S/C18H23N3OS2/c1-18(2,3)16-19-13(11-23-16)12-24-17-20-14-7-5-6-8-15(14)21(17)9-10-22-4/h5-8,11H,9-10,12H2,1-4H3. The highest BCUT2D eigenvalue weighted by molar-refractivity contribution is 7.98. The topological polar surface area (TPSA) is 39.9 Å². The highest BCUT2D eigenvalue weighted by atomic mass is 32.2. The van der Waals surface area contributed by atoms with E-state index in [0.29, 0.717) is 6.61 Å². The molecule has 0 aliphatic rings. The summed E-state index contributed by atoms with van der Waals surface area (Å²) in [5.74, 6) is 0.836. The Morgan fingerprint density at radius 3 is 2.71 bits per heavy atom. The molecule has 4 nitrogen and oxygen atoms in total. The molecule has 0 atom stereocenters. The Kier molecular flexibility index (Phi) is 5.27. The monoisotopic (exact) mass is 361 g/mol. The van der Waals surface area contributed by atoms with Crippen LogP contribution in [0.1, 0.15) is 31.5 Å². The van der Waals surface area contributed by atoms with E-state index in [4.69, 9.17) is 14.7 Å². The molecule has 0 spiro atoms. The number of thioether (sulfide) groups is 1. The molecule has 0 amide bonds. The van der Waals surface area contributed by atoms with Crippen LogP contribution >= 0.6 is 23.1 Å². The second-order valence-corrected chi connectivity index (χ2v) is 8.51. The number of thiazole rings is 1. The average molecular weight is 362 g/mol. The quantitative estimate of drug-likeness (QED) is 0.595. The summed E-state index contributed by atoms with van der Waals surface area (Å²) in [5, 5.41) is 4.37. The Morgan fingerprint density at radius 2 is 2.00 bits per heavy atom. The molecule has 0 radical (unpaired) electrons. The van der Waals surface area contributed by atoms with E-state index in [-0.39, 0.29) is 5.41 Å². The van der Waals surface area contributed by atoms with Crippen LogP contribution in [0, 0.1) is 0 Å². The van der Waals surface area contributed by atoms with Gasteiger partial charge in [0.2, 0.25) is 0 Å². The van der Waals surface area contributed by atoms with E-state index < -0.39 is 0 Å². The molecule has 3 aromatic rings. The fraction of sp³-hybridized carbons (Fsp3) is 0.444. The number of aromatic nitrogens is 3. The van der Waals surface area contributed by atoms with Gasteiger partial charge in [-0.15, -0.1) is 11.3 Å². The summed E-state index contributed by atoms with van der Waals surface area (Å²) in [6, 6.07) is 8.25. The average Bonchev–Trinajstić information content (AvgIpc) is 3.15. The number of benzene rings is 1. The SMILES string of the molecule is COCCn1c(SCc2csc(C(C)(C)C)n2)nc2ccccc21. The maximum Gasteiger partial charge on any atom is 0.169 e. The van der Waals surface area contributed by atoms with Crippen LogP contribution in [-0.4, -0.2) is 28.3 Å². The molecule has 6 heteroatoms. The van der Waals surface area contributed by atoms with E-state index in [1.54, 1.807) is 30.2 Å². The molecule has 0 aliphatic heterocycles. The highest BCUT2D eigenvalue weighted by Crippen LogP contribution is 2.30. The zero-order valence-electron chi connectivity index (χ0n) is 14.6. The maximum atomic E-state index is 5.25. The first-order valence-corrected chi connectivity index (χ1v) is 9.87. The van der Waals surface area contributed by atoms with Crippen molar-refractivity contribution in [1.82, 2.24) is 14.5 Å². The Morgan fingerprint density at radius 1 is 1.21 bits per heavy atom. The van der Waals surface area contributed by atoms with Gasteiger partial charge in [0.25, 0.3) is 0 Å². The number of para-hydroxylation sites is 2. The lowest BCUT2D eigenvalue weighted by Crippen LogP contribution is -2.10. The zero-order chi connectivity index (χ0) is 17.2. The minimum Gasteiger partial charge on any atom is -0.383 e. The van der Waals surface area contributed by atoms with Crippen LogP contribution in [0.3, 0.4) is 0 Å². The van der Waals surface area contributed by atoms with Crippen molar-refractivity contribution in [2.24, 2.45) is 0 Å². The summed E-state index contributed by atoms with van der Waals surface area (Å²) >= 11 is 3.48.